The van der Waals surface area contributed by atoms with Gasteiger partial charge in [-0.2, -0.15) is 5.10 Å². The summed E-state index contributed by atoms with van der Waals surface area (Å²) in [4.78, 5) is 67.4. The van der Waals surface area contributed by atoms with Gasteiger partial charge in [0.1, 0.15) is 30.7 Å². The van der Waals surface area contributed by atoms with Gasteiger partial charge in [0, 0.05) is 36.5 Å². The Morgan fingerprint density at radius 3 is 1.79 bits per heavy atom. The molecule has 5 atom stereocenters. The van der Waals surface area contributed by atoms with E-state index in [9.17, 15) is 24.0 Å². The Labute approximate surface area is 362 Å². The largest absolute Gasteiger partial charge is 0.465 e. The molecule has 2 aromatic carbocycles. The van der Waals surface area contributed by atoms with Gasteiger partial charge in [-0.25, -0.2) is 19.1 Å². The molecular weight excluding hydrogens is 793 g/mol. The monoisotopic (exact) mass is 852 g/mol. The van der Waals surface area contributed by atoms with Crippen molar-refractivity contribution in [3.05, 3.63) is 117 Å². The molecule has 0 spiro atoms. The first kappa shape index (κ1) is 46.6. The van der Waals surface area contributed by atoms with Crippen molar-refractivity contribution < 1.29 is 33.4 Å². The molecule has 2 aliphatic rings. The number of esters is 1. The average Bonchev–Trinajstić information content (AvgIpc) is 3.90. The van der Waals surface area contributed by atoms with Crippen LogP contribution in [0.2, 0.25) is 0 Å². The molecule has 16 nitrogen and oxygen atoms in total. The number of aryl methyl sites for hydroxylation is 1. The molecule has 62 heavy (non-hydrogen) atoms. The minimum Gasteiger partial charge on any atom is -0.465 e. The van der Waals surface area contributed by atoms with Crippen molar-refractivity contribution in [2.24, 2.45) is 17.8 Å². The normalized spacial score (nSPS) is 19.0. The minimum absolute atomic E-state index is 0.0724. The molecule has 0 bridgehead atoms. The van der Waals surface area contributed by atoms with Crippen LogP contribution >= 0.6 is 0 Å². The Morgan fingerprint density at radius 1 is 0.806 bits per heavy atom. The van der Waals surface area contributed by atoms with E-state index in [4.69, 9.17) is 15.2 Å². The molecule has 332 valence electrons. The summed E-state index contributed by atoms with van der Waals surface area (Å²) in [7, 11) is 0. The fourth-order valence-corrected chi connectivity index (χ4v) is 7.67. The van der Waals surface area contributed by atoms with E-state index in [1.165, 1.54) is 11.4 Å². The first-order valence-electron chi connectivity index (χ1n) is 21.2. The number of carbonyl (C=O) groups excluding carboxylic acids is 4. The molecule has 5 unspecified atom stereocenters. The van der Waals surface area contributed by atoms with Crippen molar-refractivity contribution in [2.75, 3.05) is 25.4 Å². The molecule has 3 aromatic heterocycles. The van der Waals surface area contributed by atoms with E-state index in [2.05, 4.69) is 38.9 Å². The number of nitrogens with zero attached hydrogens (tertiary/aromatic N) is 5. The van der Waals surface area contributed by atoms with Crippen LogP contribution in [0.1, 0.15) is 106 Å². The van der Waals surface area contributed by atoms with Crippen LogP contribution in [0.3, 0.4) is 0 Å². The number of Topliss-reactive ketones (excluding diaryl/α,β-unsaturated/α-hetero) is 1. The molecule has 5 aromatic rings. The average molecular weight is 853 g/mol. The highest BCUT2D eigenvalue weighted by atomic mass is 16.6. The number of benzene rings is 2. The molecule has 2 fully saturated rings. The lowest BCUT2D eigenvalue weighted by molar-refractivity contribution is -0.150. The number of aromatic nitrogens is 5. The maximum atomic E-state index is 12.9. The van der Waals surface area contributed by atoms with Crippen LogP contribution in [0.4, 0.5) is 15.4 Å². The van der Waals surface area contributed by atoms with Crippen molar-refractivity contribution in [1.29, 1.82) is 0 Å². The highest BCUT2D eigenvalue weighted by molar-refractivity contribution is 5.97. The number of fused-ring (bicyclic) bond motifs is 1. The number of piperidine rings is 2. The van der Waals surface area contributed by atoms with Gasteiger partial charge in [0.2, 0.25) is 0 Å². The number of nitrogens with two attached hydrogens (primary N) is 1. The van der Waals surface area contributed by atoms with Crippen LogP contribution in [-0.4, -0.2) is 78.2 Å². The molecular formula is C46H60N8O8. The number of H-pyrrole nitrogens is 2. The van der Waals surface area contributed by atoms with E-state index in [0.29, 0.717) is 42.6 Å². The number of aromatic amines is 2. The Bertz CT molecular complexity index is 2330. The van der Waals surface area contributed by atoms with Crippen LogP contribution in [0, 0.1) is 31.6 Å². The number of hydrogen-bond acceptors (Lipinski definition) is 11. The second-order valence-electron chi connectivity index (χ2n) is 16.0. The summed E-state index contributed by atoms with van der Waals surface area (Å²) in [6.07, 6.45) is 3.33. The molecule has 0 saturated carbocycles. The van der Waals surface area contributed by atoms with E-state index in [-0.39, 0.29) is 54.7 Å². The van der Waals surface area contributed by atoms with Crippen LogP contribution in [-0.2, 0) is 37.0 Å². The van der Waals surface area contributed by atoms with Gasteiger partial charge in [-0.05, 0) is 83.3 Å². The molecule has 2 saturated heterocycles. The Balaban J connectivity index is 0.000000196. The number of hydrogen-bond donors (Lipinski definition) is 3. The lowest BCUT2D eigenvalue weighted by Crippen LogP contribution is -2.42. The highest BCUT2D eigenvalue weighted by Crippen LogP contribution is 2.37. The summed E-state index contributed by atoms with van der Waals surface area (Å²) in [5.41, 5.74) is 11.1. The van der Waals surface area contributed by atoms with Gasteiger partial charge in [-0.1, -0.05) is 74.5 Å². The molecule has 16 heteroatoms. The van der Waals surface area contributed by atoms with Gasteiger partial charge in [-0.15, -0.1) is 0 Å². The van der Waals surface area contributed by atoms with Crippen molar-refractivity contribution >= 4 is 35.4 Å². The zero-order valence-electron chi connectivity index (χ0n) is 36.8. The Kier molecular flexibility index (Phi) is 16.5. The van der Waals surface area contributed by atoms with Gasteiger partial charge in [0.15, 0.2) is 5.65 Å². The fourth-order valence-electron chi connectivity index (χ4n) is 7.67. The van der Waals surface area contributed by atoms with Crippen LogP contribution in [0.15, 0.2) is 77.6 Å². The molecule has 5 heterocycles. The second kappa shape index (κ2) is 21.9. The summed E-state index contributed by atoms with van der Waals surface area (Å²) in [5.74, 6) is -0.198. The van der Waals surface area contributed by atoms with Gasteiger partial charge in [-0.3, -0.25) is 34.4 Å². The number of carbonyl (C=O) groups is 4. The van der Waals surface area contributed by atoms with Crippen molar-refractivity contribution in [2.45, 2.75) is 99.4 Å². The number of likely N-dealkylation sites (tertiary alicyclic amines) is 2. The maximum absolute atomic E-state index is 12.9. The number of anilines is 1. The van der Waals surface area contributed by atoms with E-state index in [1.807, 2.05) is 73.7 Å². The summed E-state index contributed by atoms with van der Waals surface area (Å²) in [6.45, 7) is 14.7. The topological polar surface area (TPSA) is 207 Å². The van der Waals surface area contributed by atoms with Crippen molar-refractivity contribution in [1.82, 2.24) is 34.6 Å². The van der Waals surface area contributed by atoms with E-state index in [0.717, 1.165) is 53.9 Å². The molecule has 7 rings (SSSR count). The Morgan fingerprint density at radius 2 is 1.32 bits per heavy atom. The van der Waals surface area contributed by atoms with Crippen LogP contribution < -0.4 is 11.3 Å². The zero-order chi connectivity index (χ0) is 44.9. The number of ketones is 1. The molecule has 0 aliphatic carbocycles. The predicted molar refractivity (Wildman–Crippen MR) is 234 cm³/mol. The van der Waals surface area contributed by atoms with E-state index >= 15 is 0 Å². The van der Waals surface area contributed by atoms with Crippen molar-refractivity contribution in [3.8, 4) is 0 Å². The van der Waals surface area contributed by atoms with Crippen LogP contribution in [0.5, 0.6) is 0 Å². The zero-order valence-corrected chi connectivity index (χ0v) is 36.8. The number of ether oxygens (including phenoxy) is 3. The first-order valence-corrected chi connectivity index (χ1v) is 21.2. The molecule has 4 N–H and O–H groups in total. The van der Waals surface area contributed by atoms with Gasteiger partial charge in [0.05, 0.1) is 30.1 Å². The van der Waals surface area contributed by atoms with Crippen molar-refractivity contribution in [3.63, 3.8) is 0 Å². The molecule has 2 aliphatic heterocycles. The summed E-state index contributed by atoms with van der Waals surface area (Å²) in [5, 5.41) is 10.1. The third-order valence-corrected chi connectivity index (χ3v) is 11.4. The molecule has 2 amide bonds. The van der Waals surface area contributed by atoms with Crippen LogP contribution in [0.25, 0.3) is 5.65 Å². The second-order valence-corrected chi connectivity index (χ2v) is 16.0. The first-order chi connectivity index (χ1) is 29.7. The van der Waals surface area contributed by atoms with E-state index in [1.54, 1.807) is 36.6 Å². The smallest absolute Gasteiger partial charge is 0.410 e. The lowest BCUT2D eigenvalue weighted by atomic mass is 9.89. The quantitative estimate of drug-likeness (QED) is 0.0747. The third kappa shape index (κ3) is 11.9. The van der Waals surface area contributed by atoms with Gasteiger partial charge in [0.25, 0.3) is 5.56 Å². The number of nitrogens with one attached hydrogen (secondary N) is 2. The molecule has 0 radical (unpaired) electrons. The fraction of sp³-hybridized carbons (Fsp3) is 0.457. The number of rotatable bonds is 9. The SMILES string of the molecule is CC1CCCN(C(=O)OCc2ccccc2)C1c1cc(N)n[nH]1.CCOC(=O)C(C)C(C)=O.Cc1nc2cc(C3C(C)CCCN3C(=O)OCc3ccccc3)[nH]n2c(=O)c1C. The summed E-state index contributed by atoms with van der Waals surface area (Å²) >= 11 is 0. The number of amides is 2. The van der Waals surface area contributed by atoms with Gasteiger partial charge < -0.3 is 19.9 Å². The highest BCUT2D eigenvalue weighted by Gasteiger charge is 2.37. The summed E-state index contributed by atoms with van der Waals surface area (Å²) in [6, 6.07) is 22.8. The number of nitrogen functional groups attached to an aromatic ring is 1. The third-order valence-electron chi connectivity index (χ3n) is 11.4. The lowest BCUT2D eigenvalue weighted by Gasteiger charge is -2.38. The minimum atomic E-state index is -0.611. The van der Waals surface area contributed by atoms with Gasteiger partial charge >= 0.3 is 18.2 Å². The summed E-state index contributed by atoms with van der Waals surface area (Å²) < 4.78 is 17.2. The Hall–Kier alpha value is -6.45. The standard InChI is InChI=1S/C22H26N4O3.C17H22N4O2.C7H12O3/c1-14-8-7-11-25(22(28)29-13-17-9-5-4-6-10-17)20(14)18-12-19-23-16(3)15(2)21(27)26(19)24-18;1-12-6-5-9-21(16(12)14-10-15(18)20-19-14)17(22)23-11-13-7-3-2-4-8-13;1-4-10-7(9)5(2)6(3)8/h4-6,9-10,12,14,20,24H,7-8,11,13H2,1-3H3;2-4,7-8,10,12,16H,5-6,9,11H2,1H3,(H3,18,19,20);5H,4H2,1-3H3. The maximum Gasteiger partial charge on any atom is 0.410 e. The predicted octanol–water partition coefficient (Wildman–Crippen LogP) is 7.63. The van der Waals surface area contributed by atoms with E-state index < -0.39 is 11.9 Å².